The highest BCUT2D eigenvalue weighted by Gasteiger charge is 2.03. The van der Waals surface area contributed by atoms with Crippen LogP contribution in [0.4, 0.5) is 0 Å². The first-order valence-corrected chi connectivity index (χ1v) is 6.61. The summed E-state index contributed by atoms with van der Waals surface area (Å²) in [5.74, 6) is 0. The van der Waals surface area contributed by atoms with Crippen LogP contribution in [0.2, 0.25) is 0 Å². The van der Waals surface area contributed by atoms with E-state index in [0.29, 0.717) is 6.04 Å². The van der Waals surface area contributed by atoms with Gasteiger partial charge in [-0.15, -0.1) is 0 Å². The van der Waals surface area contributed by atoms with Crippen LogP contribution in [0.5, 0.6) is 0 Å². The number of ether oxygens (including phenoxy) is 1. The first kappa shape index (κ1) is 14.2. The fourth-order valence-corrected chi connectivity index (χ4v) is 1.75. The summed E-state index contributed by atoms with van der Waals surface area (Å²) < 4.78 is 5.52. The van der Waals surface area contributed by atoms with E-state index in [9.17, 15) is 0 Å². The number of unbranched alkanes of at least 4 members (excludes halogenated alkanes) is 1. The lowest BCUT2D eigenvalue weighted by Crippen LogP contribution is -2.23. The summed E-state index contributed by atoms with van der Waals surface area (Å²) in [6.45, 7) is 9.11. The molecule has 2 nitrogen and oxygen atoms in total. The summed E-state index contributed by atoms with van der Waals surface area (Å²) >= 11 is 0. The summed E-state index contributed by atoms with van der Waals surface area (Å²) in [5.41, 5.74) is 2.66. The minimum atomic E-state index is 0.393. The Balaban J connectivity index is 2.19. The molecule has 0 saturated carbocycles. The second kappa shape index (κ2) is 8.26. The van der Waals surface area contributed by atoms with Crippen molar-refractivity contribution in [1.82, 2.24) is 5.32 Å². The van der Waals surface area contributed by atoms with Gasteiger partial charge in [0.15, 0.2) is 0 Å². The maximum absolute atomic E-state index is 5.52. The largest absolute Gasteiger partial charge is 0.380 e. The minimum absolute atomic E-state index is 0.393. The second-order valence-corrected chi connectivity index (χ2v) is 4.56. The fraction of sp³-hybridized carbons (Fsp3) is 0.600. The van der Waals surface area contributed by atoms with Crippen LogP contribution in [-0.4, -0.2) is 19.8 Å². The number of hydrogen-bond donors (Lipinski definition) is 1. The lowest BCUT2D eigenvalue weighted by molar-refractivity contribution is 0.131. The number of hydrogen-bond acceptors (Lipinski definition) is 2. The van der Waals surface area contributed by atoms with Crippen molar-refractivity contribution in [2.75, 3.05) is 19.8 Å². The van der Waals surface area contributed by atoms with Crippen LogP contribution < -0.4 is 5.32 Å². The van der Waals surface area contributed by atoms with E-state index in [1.807, 2.05) is 0 Å². The van der Waals surface area contributed by atoms with Crippen molar-refractivity contribution in [2.24, 2.45) is 0 Å². The minimum Gasteiger partial charge on any atom is -0.380 e. The Morgan fingerprint density at radius 2 is 2.12 bits per heavy atom. The van der Waals surface area contributed by atoms with Gasteiger partial charge in [-0.05, 0) is 25.8 Å². The van der Waals surface area contributed by atoms with Gasteiger partial charge in [0, 0.05) is 19.2 Å². The molecule has 1 N–H and O–H groups in total. The molecule has 0 unspecified atom stereocenters. The molecular formula is C15H25NO. The number of rotatable bonds is 8. The number of aryl methyl sites for hydroxylation is 1. The van der Waals surface area contributed by atoms with Gasteiger partial charge in [0.25, 0.3) is 0 Å². The highest BCUT2D eigenvalue weighted by atomic mass is 16.5. The normalized spacial score (nSPS) is 12.6. The Kier molecular flexibility index (Phi) is 6.90. The zero-order chi connectivity index (χ0) is 12.5. The fourth-order valence-electron chi connectivity index (χ4n) is 1.75. The van der Waals surface area contributed by atoms with Crippen LogP contribution in [0.15, 0.2) is 24.3 Å². The molecule has 1 aromatic carbocycles. The summed E-state index contributed by atoms with van der Waals surface area (Å²) in [6.07, 6.45) is 2.36. The van der Waals surface area contributed by atoms with E-state index in [0.717, 1.165) is 26.2 Å². The molecule has 2 heteroatoms. The molecule has 0 radical (unpaired) electrons. The van der Waals surface area contributed by atoms with Gasteiger partial charge in [0.2, 0.25) is 0 Å². The van der Waals surface area contributed by atoms with Gasteiger partial charge < -0.3 is 10.1 Å². The molecular weight excluding hydrogens is 210 g/mol. The van der Waals surface area contributed by atoms with Crippen LogP contribution in [-0.2, 0) is 4.74 Å². The summed E-state index contributed by atoms with van der Waals surface area (Å²) in [5, 5.41) is 3.48. The first-order valence-electron chi connectivity index (χ1n) is 6.61. The summed E-state index contributed by atoms with van der Waals surface area (Å²) in [6, 6.07) is 9.03. The molecule has 0 fully saturated rings. The van der Waals surface area contributed by atoms with Crippen molar-refractivity contribution in [3.05, 3.63) is 35.4 Å². The second-order valence-electron chi connectivity index (χ2n) is 4.56. The quantitative estimate of drug-likeness (QED) is 0.697. The maximum atomic E-state index is 5.52. The van der Waals surface area contributed by atoms with E-state index in [-0.39, 0.29) is 0 Å². The highest BCUT2D eigenvalue weighted by Crippen LogP contribution is 2.13. The standard InChI is InChI=1S/C15H25NO/c1-4-5-10-17-11-9-16-14(3)15-8-6-7-13(2)12-15/h6-8,12,14,16H,4-5,9-11H2,1-3H3/t14-/m1/s1. The Hall–Kier alpha value is -0.860. The molecule has 17 heavy (non-hydrogen) atoms. The van der Waals surface area contributed by atoms with E-state index in [1.54, 1.807) is 0 Å². The Bertz CT molecular complexity index is 312. The molecule has 0 spiro atoms. The van der Waals surface area contributed by atoms with Crippen LogP contribution in [0.3, 0.4) is 0 Å². The Morgan fingerprint density at radius 3 is 2.82 bits per heavy atom. The van der Waals surface area contributed by atoms with E-state index >= 15 is 0 Å². The Labute approximate surface area is 105 Å². The molecule has 0 amide bonds. The molecule has 96 valence electrons. The van der Waals surface area contributed by atoms with Crippen molar-refractivity contribution >= 4 is 0 Å². The van der Waals surface area contributed by atoms with E-state index in [2.05, 4.69) is 50.4 Å². The lowest BCUT2D eigenvalue weighted by Gasteiger charge is -2.14. The topological polar surface area (TPSA) is 21.3 Å². The molecule has 0 aromatic heterocycles. The van der Waals surface area contributed by atoms with Crippen molar-refractivity contribution in [2.45, 2.75) is 39.7 Å². The average Bonchev–Trinajstić information content (AvgIpc) is 2.33. The molecule has 0 bridgehead atoms. The van der Waals surface area contributed by atoms with Gasteiger partial charge >= 0.3 is 0 Å². The summed E-state index contributed by atoms with van der Waals surface area (Å²) in [7, 11) is 0. The lowest BCUT2D eigenvalue weighted by atomic mass is 10.1. The maximum Gasteiger partial charge on any atom is 0.0591 e. The van der Waals surface area contributed by atoms with Crippen LogP contribution in [0.1, 0.15) is 43.9 Å². The highest BCUT2D eigenvalue weighted by molar-refractivity contribution is 5.24. The molecule has 0 saturated heterocycles. The van der Waals surface area contributed by atoms with Crippen LogP contribution >= 0.6 is 0 Å². The predicted molar refractivity (Wildman–Crippen MR) is 73.3 cm³/mol. The zero-order valence-electron chi connectivity index (χ0n) is 11.3. The van der Waals surface area contributed by atoms with Gasteiger partial charge in [0.05, 0.1) is 6.61 Å². The zero-order valence-corrected chi connectivity index (χ0v) is 11.3. The first-order chi connectivity index (χ1) is 8.24. The van der Waals surface area contributed by atoms with Gasteiger partial charge in [-0.1, -0.05) is 43.2 Å². The molecule has 0 aliphatic rings. The number of benzene rings is 1. The third kappa shape index (κ3) is 5.85. The molecule has 1 aromatic rings. The monoisotopic (exact) mass is 235 g/mol. The smallest absolute Gasteiger partial charge is 0.0591 e. The van der Waals surface area contributed by atoms with Crippen LogP contribution in [0, 0.1) is 6.92 Å². The number of nitrogens with one attached hydrogen (secondary N) is 1. The Morgan fingerprint density at radius 1 is 1.29 bits per heavy atom. The van der Waals surface area contributed by atoms with Crippen molar-refractivity contribution in [3.63, 3.8) is 0 Å². The van der Waals surface area contributed by atoms with Gasteiger partial charge in [-0.25, -0.2) is 0 Å². The van der Waals surface area contributed by atoms with Crippen molar-refractivity contribution in [3.8, 4) is 0 Å². The van der Waals surface area contributed by atoms with E-state index in [1.165, 1.54) is 17.5 Å². The third-order valence-corrected chi connectivity index (χ3v) is 2.88. The average molecular weight is 235 g/mol. The SMILES string of the molecule is CCCCOCCN[C@H](C)c1cccc(C)c1. The molecule has 0 heterocycles. The van der Waals surface area contributed by atoms with Crippen molar-refractivity contribution < 1.29 is 4.74 Å². The molecule has 1 atom stereocenters. The van der Waals surface area contributed by atoms with E-state index in [4.69, 9.17) is 4.74 Å². The van der Waals surface area contributed by atoms with Crippen molar-refractivity contribution in [1.29, 1.82) is 0 Å². The van der Waals surface area contributed by atoms with Gasteiger partial charge in [0.1, 0.15) is 0 Å². The van der Waals surface area contributed by atoms with Gasteiger partial charge in [-0.2, -0.15) is 0 Å². The molecule has 0 aliphatic carbocycles. The third-order valence-electron chi connectivity index (χ3n) is 2.88. The predicted octanol–water partition coefficient (Wildman–Crippen LogP) is 3.46. The summed E-state index contributed by atoms with van der Waals surface area (Å²) in [4.78, 5) is 0. The van der Waals surface area contributed by atoms with Crippen LogP contribution in [0.25, 0.3) is 0 Å². The molecule has 0 aliphatic heterocycles. The van der Waals surface area contributed by atoms with E-state index < -0.39 is 0 Å². The molecule has 1 rings (SSSR count). The van der Waals surface area contributed by atoms with Gasteiger partial charge in [-0.3, -0.25) is 0 Å².